The van der Waals surface area contributed by atoms with Crippen molar-refractivity contribution in [1.29, 1.82) is 0 Å². The molecule has 2 aromatic rings. The third-order valence-corrected chi connectivity index (χ3v) is 3.99. The van der Waals surface area contributed by atoms with Crippen molar-refractivity contribution in [2.45, 2.75) is 38.7 Å². The molecule has 2 atom stereocenters. The number of aromatic nitrogens is 4. The lowest BCUT2D eigenvalue weighted by atomic mass is 10.1. The number of nitrogens with zero attached hydrogens (tertiary/aromatic N) is 3. The van der Waals surface area contributed by atoms with Crippen molar-refractivity contribution in [3.8, 4) is 0 Å². The second-order valence-corrected chi connectivity index (χ2v) is 5.59. The largest absolute Gasteiger partial charge is 0.393 e. The van der Waals surface area contributed by atoms with Gasteiger partial charge in [0.25, 0.3) is 0 Å². The van der Waals surface area contributed by atoms with Gasteiger partial charge in [-0.3, -0.25) is 5.10 Å². The molecule has 0 spiro atoms. The molecule has 0 saturated heterocycles. The summed E-state index contributed by atoms with van der Waals surface area (Å²) in [5.74, 6) is 1.67. The maximum absolute atomic E-state index is 9.91. The van der Waals surface area contributed by atoms with E-state index in [2.05, 4.69) is 37.7 Å². The zero-order chi connectivity index (χ0) is 14.7. The highest BCUT2D eigenvalue weighted by Crippen LogP contribution is 2.27. The fourth-order valence-electron chi connectivity index (χ4n) is 2.77. The Labute approximate surface area is 123 Å². The minimum Gasteiger partial charge on any atom is -0.393 e. The van der Waals surface area contributed by atoms with Gasteiger partial charge in [0.05, 0.1) is 17.7 Å². The van der Waals surface area contributed by atoms with Crippen molar-refractivity contribution in [3.05, 3.63) is 6.20 Å². The predicted molar refractivity (Wildman–Crippen MR) is 82.3 cm³/mol. The first-order chi connectivity index (χ1) is 10.3. The molecule has 2 heterocycles. The molecule has 0 amide bonds. The molecule has 0 aromatic carbocycles. The summed E-state index contributed by atoms with van der Waals surface area (Å²) in [7, 11) is 0. The van der Waals surface area contributed by atoms with Gasteiger partial charge in [0.2, 0.25) is 5.95 Å². The van der Waals surface area contributed by atoms with Crippen LogP contribution < -0.4 is 10.6 Å². The van der Waals surface area contributed by atoms with Gasteiger partial charge in [-0.2, -0.15) is 15.1 Å². The first-order valence-corrected chi connectivity index (χ1v) is 7.65. The molecule has 1 saturated carbocycles. The Kier molecular flexibility index (Phi) is 4.19. The van der Waals surface area contributed by atoms with E-state index in [4.69, 9.17) is 0 Å². The molecule has 0 aliphatic heterocycles. The van der Waals surface area contributed by atoms with Gasteiger partial charge in [-0.1, -0.05) is 13.3 Å². The first-order valence-electron chi connectivity index (χ1n) is 7.65. The lowest BCUT2D eigenvalue weighted by Gasteiger charge is -2.16. The van der Waals surface area contributed by atoms with Crippen LogP contribution in [0.25, 0.3) is 11.0 Å². The zero-order valence-corrected chi connectivity index (χ0v) is 12.3. The maximum atomic E-state index is 9.91. The van der Waals surface area contributed by atoms with Crippen LogP contribution in [0.15, 0.2) is 6.20 Å². The fourth-order valence-corrected chi connectivity index (χ4v) is 2.77. The molecular formula is C14H22N6O. The Morgan fingerprint density at radius 1 is 1.33 bits per heavy atom. The van der Waals surface area contributed by atoms with E-state index in [1.54, 1.807) is 6.20 Å². The van der Waals surface area contributed by atoms with Gasteiger partial charge >= 0.3 is 0 Å². The highest BCUT2D eigenvalue weighted by Gasteiger charge is 2.25. The van der Waals surface area contributed by atoms with E-state index in [0.29, 0.717) is 11.9 Å². The van der Waals surface area contributed by atoms with Crippen LogP contribution in [0.2, 0.25) is 0 Å². The van der Waals surface area contributed by atoms with Gasteiger partial charge in [-0.25, -0.2) is 0 Å². The van der Waals surface area contributed by atoms with Gasteiger partial charge in [0.15, 0.2) is 5.65 Å². The van der Waals surface area contributed by atoms with Crippen LogP contribution in [0.3, 0.4) is 0 Å². The van der Waals surface area contributed by atoms with Gasteiger partial charge in [0.1, 0.15) is 5.82 Å². The number of aromatic amines is 1. The second kappa shape index (κ2) is 6.26. The quantitative estimate of drug-likeness (QED) is 0.647. The Morgan fingerprint density at radius 3 is 3.00 bits per heavy atom. The van der Waals surface area contributed by atoms with Crippen LogP contribution in [0, 0.1) is 5.92 Å². The lowest BCUT2D eigenvalue weighted by molar-refractivity contribution is 0.138. The predicted octanol–water partition coefficient (Wildman–Crippen LogP) is 1.75. The van der Waals surface area contributed by atoms with Crippen LogP contribution >= 0.6 is 0 Å². The highest BCUT2D eigenvalue weighted by molar-refractivity contribution is 5.86. The van der Waals surface area contributed by atoms with Crippen molar-refractivity contribution < 1.29 is 5.11 Å². The maximum Gasteiger partial charge on any atom is 0.226 e. The Hall–Kier alpha value is -1.89. The summed E-state index contributed by atoms with van der Waals surface area (Å²) in [4.78, 5) is 8.92. The van der Waals surface area contributed by atoms with Crippen molar-refractivity contribution >= 4 is 22.8 Å². The molecule has 3 rings (SSSR count). The van der Waals surface area contributed by atoms with Crippen LogP contribution in [0.5, 0.6) is 0 Å². The van der Waals surface area contributed by atoms with Crippen LogP contribution in [0.4, 0.5) is 11.8 Å². The molecule has 1 aliphatic carbocycles. The Morgan fingerprint density at radius 2 is 2.24 bits per heavy atom. The summed E-state index contributed by atoms with van der Waals surface area (Å²) in [5.41, 5.74) is 0.720. The number of hydrogen-bond acceptors (Lipinski definition) is 6. The smallest absolute Gasteiger partial charge is 0.226 e. The number of aliphatic hydroxyl groups is 1. The van der Waals surface area contributed by atoms with E-state index >= 15 is 0 Å². The molecule has 21 heavy (non-hydrogen) atoms. The summed E-state index contributed by atoms with van der Waals surface area (Å²) in [5, 5.41) is 24.2. The standard InChI is InChI=1S/C14H22N6O/c1-2-6-15-14-18-12(10-8-17-20-13(10)19-14)16-7-9-4-3-5-11(9)21/h8-9,11,21H,2-7H2,1H3,(H3,15,16,17,18,19,20). The van der Waals surface area contributed by atoms with Crippen molar-refractivity contribution in [3.63, 3.8) is 0 Å². The van der Waals surface area contributed by atoms with E-state index < -0.39 is 0 Å². The summed E-state index contributed by atoms with van der Waals surface area (Å²) in [6, 6.07) is 0. The molecule has 4 N–H and O–H groups in total. The van der Waals surface area contributed by atoms with Crippen molar-refractivity contribution in [2.75, 3.05) is 23.7 Å². The van der Waals surface area contributed by atoms with Crippen LogP contribution in [-0.4, -0.2) is 44.5 Å². The van der Waals surface area contributed by atoms with E-state index in [1.165, 1.54) is 0 Å². The van der Waals surface area contributed by atoms with Gasteiger partial charge in [0, 0.05) is 19.0 Å². The average molecular weight is 290 g/mol. The van der Waals surface area contributed by atoms with Crippen LogP contribution in [-0.2, 0) is 0 Å². The number of hydrogen-bond donors (Lipinski definition) is 4. The normalized spacial score (nSPS) is 21.8. The minimum absolute atomic E-state index is 0.197. The first kappa shape index (κ1) is 14.1. The summed E-state index contributed by atoms with van der Waals surface area (Å²) in [6.45, 7) is 3.66. The average Bonchev–Trinajstić information content (AvgIpc) is 3.11. The molecule has 114 valence electrons. The summed E-state index contributed by atoms with van der Waals surface area (Å²) >= 11 is 0. The summed E-state index contributed by atoms with van der Waals surface area (Å²) < 4.78 is 0. The number of aliphatic hydroxyl groups excluding tert-OH is 1. The molecule has 7 nitrogen and oxygen atoms in total. The molecule has 2 unspecified atom stereocenters. The molecule has 7 heteroatoms. The van der Waals surface area contributed by atoms with Crippen molar-refractivity contribution in [2.24, 2.45) is 5.92 Å². The molecule has 2 aromatic heterocycles. The zero-order valence-electron chi connectivity index (χ0n) is 12.3. The topological polar surface area (TPSA) is 98.8 Å². The molecule has 0 bridgehead atoms. The summed E-state index contributed by atoms with van der Waals surface area (Å²) in [6.07, 6.45) is 5.61. The lowest BCUT2D eigenvalue weighted by Crippen LogP contribution is -2.22. The van der Waals surface area contributed by atoms with Crippen molar-refractivity contribution in [1.82, 2.24) is 20.2 Å². The van der Waals surface area contributed by atoms with E-state index in [1.807, 2.05) is 0 Å². The number of anilines is 2. The fraction of sp³-hybridized carbons (Fsp3) is 0.643. The molecule has 0 radical (unpaired) electrons. The number of nitrogens with one attached hydrogen (secondary N) is 3. The molecule has 1 aliphatic rings. The molecular weight excluding hydrogens is 268 g/mol. The van der Waals surface area contributed by atoms with Gasteiger partial charge in [-0.15, -0.1) is 0 Å². The number of H-pyrrole nitrogens is 1. The third-order valence-electron chi connectivity index (χ3n) is 3.99. The third kappa shape index (κ3) is 3.07. The second-order valence-electron chi connectivity index (χ2n) is 5.59. The van der Waals surface area contributed by atoms with Crippen LogP contribution in [0.1, 0.15) is 32.6 Å². The molecule has 1 fully saturated rings. The van der Waals surface area contributed by atoms with Gasteiger partial charge in [-0.05, 0) is 19.3 Å². The Bertz CT molecular complexity index is 598. The van der Waals surface area contributed by atoms with E-state index in [0.717, 1.165) is 55.6 Å². The van der Waals surface area contributed by atoms with Gasteiger partial charge < -0.3 is 15.7 Å². The Balaban J connectivity index is 1.77. The minimum atomic E-state index is -0.197. The van der Waals surface area contributed by atoms with E-state index in [9.17, 15) is 5.11 Å². The highest BCUT2D eigenvalue weighted by atomic mass is 16.3. The SMILES string of the molecule is CCCNc1nc(NCC2CCCC2O)c2cn[nH]c2n1. The number of rotatable bonds is 6. The van der Waals surface area contributed by atoms with E-state index in [-0.39, 0.29) is 6.10 Å². The number of fused-ring (bicyclic) bond motifs is 1. The monoisotopic (exact) mass is 290 g/mol.